The van der Waals surface area contributed by atoms with Gasteiger partial charge in [0.1, 0.15) is 11.8 Å². The maximum Gasteiger partial charge on any atom is 0.255 e. The van der Waals surface area contributed by atoms with Crippen molar-refractivity contribution in [2.24, 2.45) is 0 Å². The maximum absolute atomic E-state index is 13.1. The molecule has 3 fully saturated rings. The summed E-state index contributed by atoms with van der Waals surface area (Å²) in [5.41, 5.74) is 9.36. The fourth-order valence-electron chi connectivity index (χ4n) is 9.87. The predicted octanol–water partition coefficient (Wildman–Crippen LogP) is 6.24. The molecule has 3 N–H and O–H groups in total. The van der Waals surface area contributed by atoms with E-state index >= 15 is 0 Å². The average molecular weight is 724 g/mol. The van der Waals surface area contributed by atoms with Gasteiger partial charge in [-0.15, -0.1) is 0 Å². The highest BCUT2D eigenvalue weighted by Gasteiger charge is 2.39. The number of carbonyl (C=O) groups is 3. The quantitative estimate of drug-likeness (QED) is 0.194. The molecular weight excluding hydrogens is 675 g/mol. The number of imide groups is 1. The van der Waals surface area contributed by atoms with Crippen LogP contribution in [0.2, 0.25) is 0 Å². The number of rotatable bonds is 7. The fourth-order valence-corrected chi connectivity index (χ4v) is 9.87. The molecule has 4 aromatic carbocycles. The zero-order chi connectivity index (χ0) is 36.8. The third-order valence-electron chi connectivity index (χ3n) is 12.8. The molecule has 5 aliphatic rings. The topological polar surface area (TPSA) is 105 Å². The number of nitrogens with one attached hydrogen (secondary N) is 2. The summed E-state index contributed by atoms with van der Waals surface area (Å²) >= 11 is 0. The van der Waals surface area contributed by atoms with Crippen LogP contribution in [0.4, 0.5) is 11.4 Å². The Balaban J connectivity index is 0.780. The summed E-state index contributed by atoms with van der Waals surface area (Å²) in [6.45, 7) is 4.41. The van der Waals surface area contributed by atoms with Crippen LogP contribution >= 0.6 is 0 Å². The molecule has 54 heavy (non-hydrogen) atoms. The minimum Gasteiger partial charge on any atom is -0.508 e. The summed E-state index contributed by atoms with van der Waals surface area (Å²) in [6, 6.07) is 32.6. The molecule has 0 spiro atoms. The van der Waals surface area contributed by atoms with Gasteiger partial charge in [0.2, 0.25) is 11.8 Å². The van der Waals surface area contributed by atoms with Crippen LogP contribution in [0.15, 0.2) is 91.0 Å². The van der Waals surface area contributed by atoms with Gasteiger partial charge in [0.25, 0.3) is 5.91 Å². The number of hydrogen-bond donors (Lipinski definition) is 3. The predicted molar refractivity (Wildman–Crippen MR) is 210 cm³/mol. The summed E-state index contributed by atoms with van der Waals surface area (Å²) in [5.74, 6) is 0.248. The number of fused-ring (bicyclic) bond motifs is 2. The van der Waals surface area contributed by atoms with E-state index in [0.717, 1.165) is 76.0 Å². The van der Waals surface area contributed by atoms with Crippen molar-refractivity contribution in [1.29, 1.82) is 0 Å². The number of aromatic hydroxyl groups is 1. The SMILES string of the molecule is O=C1CCC(N2Cc3cc(N4CCC(NC5CCN(c6ccc([C@@H]7c8ccc(O)cc8CC[C@@H]7c7ccccc7)cc6)CC5)CC4)ccc3C2=O)C(=O)N1. The lowest BCUT2D eigenvalue weighted by Crippen LogP contribution is -2.52. The van der Waals surface area contributed by atoms with Crippen LogP contribution in [-0.2, 0) is 22.6 Å². The van der Waals surface area contributed by atoms with Gasteiger partial charge in [-0.2, -0.15) is 0 Å². The first-order valence-corrected chi connectivity index (χ1v) is 19.9. The Kier molecular flexibility index (Phi) is 9.35. The van der Waals surface area contributed by atoms with Crippen molar-refractivity contribution in [2.75, 3.05) is 36.0 Å². The molecule has 4 aliphatic heterocycles. The van der Waals surface area contributed by atoms with E-state index in [2.05, 4.69) is 87.2 Å². The minimum atomic E-state index is -0.587. The summed E-state index contributed by atoms with van der Waals surface area (Å²) in [5, 5.41) is 16.6. The molecule has 0 saturated carbocycles. The summed E-state index contributed by atoms with van der Waals surface area (Å²) in [7, 11) is 0. The van der Waals surface area contributed by atoms with Crippen molar-refractivity contribution in [3.8, 4) is 5.75 Å². The Bertz CT molecular complexity index is 2030. The Morgan fingerprint density at radius 1 is 0.648 bits per heavy atom. The maximum atomic E-state index is 13.1. The molecule has 0 bridgehead atoms. The molecule has 9 heteroatoms. The molecule has 278 valence electrons. The van der Waals surface area contributed by atoms with Crippen molar-refractivity contribution < 1.29 is 19.5 Å². The molecule has 1 aliphatic carbocycles. The second kappa shape index (κ2) is 14.6. The third-order valence-corrected chi connectivity index (χ3v) is 12.8. The first-order chi connectivity index (χ1) is 26.4. The number of amides is 3. The number of aryl methyl sites for hydroxylation is 1. The first-order valence-electron chi connectivity index (χ1n) is 19.9. The Labute approximate surface area is 317 Å². The highest BCUT2D eigenvalue weighted by Crippen LogP contribution is 2.47. The highest BCUT2D eigenvalue weighted by molar-refractivity contribution is 6.05. The van der Waals surface area contributed by atoms with Gasteiger partial charge < -0.3 is 25.1 Å². The van der Waals surface area contributed by atoms with Gasteiger partial charge >= 0.3 is 0 Å². The number of phenols is 1. The van der Waals surface area contributed by atoms with Gasteiger partial charge in [0, 0.05) is 74.1 Å². The van der Waals surface area contributed by atoms with E-state index < -0.39 is 6.04 Å². The van der Waals surface area contributed by atoms with Gasteiger partial charge in [-0.25, -0.2) is 0 Å². The van der Waals surface area contributed by atoms with Crippen molar-refractivity contribution in [3.05, 3.63) is 124 Å². The van der Waals surface area contributed by atoms with E-state index in [9.17, 15) is 19.5 Å². The molecule has 3 saturated heterocycles. The molecule has 0 radical (unpaired) electrons. The van der Waals surface area contributed by atoms with Crippen LogP contribution in [0.3, 0.4) is 0 Å². The zero-order valence-electron chi connectivity index (χ0n) is 30.8. The van der Waals surface area contributed by atoms with Crippen LogP contribution in [0.25, 0.3) is 0 Å². The molecule has 1 unspecified atom stereocenters. The number of benzene rings is 4. The van der Waals surface area contributed by atoms with Crippen LogP contribution in [0.5, 0.6) is 5.75 Å². The zero-order valence-corrected chi connectivity index (χ0v) is 30.8. The monoisotopic (exact) mass is 723 g/mol. The van der Waals surface area contributed by atoms with Gasteiger partial charge in [-0.3, -0.25) is 19.7 Å². The second-order valence-corrected chi connectivity index (χ2v) is 15.9. The lowest BCUT2D eigenvalue weighted by Gasteiger charge is -2.39. The van der Waals surface area contributed by atoms with Gasteiger partial charge in [0.15, 0.2) is 0 Å². The molecule has 9 rings (SSSR count). The molecule has 4 aromatic rings. The lowest BCUT2D eigenvalue weighted by atomic mass is 9.69. The van der Waals surface area contributed by atoms with Gasteiger partial charge in [-0.1, -0.05) is 48.5 Å². The lowest BCUT2D eigenvalue weighted by molar-refractivity contribution is -0.136. The molecule has 4 heterocycles. The number of phenolic OH excluding ortho intramolecular Hbond substituents is 1. The molecule has 3 amide bonds. The minimum absolute atomic E-state index is 0.123. The molecule has 9 nitrogen and oxygen atoms in total. The standard InChI is InChI=1S/C45H49N5O4/c51-37-12-15-39-31(27-37)8-13-38(29-4-2-1-3-5-29)43(39)30-6-9-35(10-7-30)48-22-18-33(19-23-48)46-34-20-24-49(25-21-34)36-11-14-40-32(26-36)28-50(45(40)54)41-16-17-42(52)47-44(41)53/h1-7,9-12,14-15,26-27,33-34,38,41,43,46,51H,8,13,16-25,28H2,(H,47,52,53)/t38-,41?,43+/m1/s1. The number of anilines is 2. The van der Waals surface area contributed by atoms with Crippen molar-refractivity contribution in [3.63, 3.8) is 0 Å². The van der Waals surface area contributed by atoms with Crippen LogP contribution in [0, 0.1) is 0 Å². The normalized spacial score (nSPS) is 23.7. The smallest absolute Gasteiger partial charge is 0.255 e. The fraction of sp³-hybridized carbons (Fsp3) is 0.400. The van der Waals surface area contributed by atoms with E-state index in [1.54, 1.807) is 4.90 Å². The van der Waals surface area contributed by atoms with Crippen LogP contribution in [0.1, 0.15) is 95.0 Å². The van der Waals surface area contributed by atoms with E-state index in [0.29, 0.717) is 42.3 Å². The first kappa shape index (κ1) is 34.6. The van der Waals surface area contributed by atoms with Crippen LogP contribution < -0.4 is 20.4 Å². The van der Waals surface area contributed by atoms with E-state index in [1.165, 1.54) is 27.9 Å². The summed E-state index contributed by atoms with van der Waals surface area (Å²) in [6.07, 6.45) is 7.09. The molecular formula is C45H49N5O4. The number of carbonyl (C=O) groups excluding carboxylic acids is 3. The summed E-state index contributed by atoms with van der Waals surface area (Å²) in [4.78, 5) is 43.8. The summed E-state index contributed by atoms with van der Waals surface area (Å²) < 4.78 is 0. The van der Waals surface area contributed by atoms with Crippen molar-refractivity contribution in [2.45, 2.75) is 87.9 Å². The highest BCUT2D eigenvalue weighted by atomic mass is 16.3. The van der Waals surface area contributed by atoms with E-state index in [4.69, 9.17) is 0 Å². The number of piperidine rings is 3. The largest absolute Gasteiger partial charge is 0.508 e. The second-order valence-electron chi connectivity index (χ2n) is 15.9. The van der Waals surface area contributed by atoms with E-state index in [-0.39, 0.29) is 30.1 Å². The Morgan fingerprint density at radius 2 is 1.33 bits per heavy atom. The van der Waals surface area contributed by atoms with Crippen molar-refractivity contribution in [1.82, 2.24) is 15.5 Å². The van der Waals surface area contributed by atoms with E-state index in [1.807, 2.05) is 24.3 Å². The Morgan fingerprint density at radius 3 is 2.04 bits per heavy atom. The molecule has 3 atom stereocenters. The molecule has 0 aromatic heterocycles. The number of nitrogens with zero attached hydrogens (tertiary/aromatic N) is 3. The average Bonchev–Trinajstić information content (AvgIpc) is 3.53. The van der Waals surface area contributed by atoms with Gasteiger partial charge in [-0.05, 0) is 121 Å². The Hall–Kier alpha value is -5.15. The third kappa shape index (κ3) is 6.74. The van der Waals surface area contributed by atoms with Crippen molar-refractivity contribution >= 4 is 29.1 Å². The number of hydrogen-bond acceptors (Lipinski definition) is 7. The van der Waals surface area contributed by atoms with Crippen LogP contribution in [-0.4, -0.2) is 72.0 Å². The van der Waals surface area contributed by atoms with Gasteiger partial charge in [0.05, 0.1) is 0 Å².